The smallest absolute Gasteiger partial charge is 0.220 e. The van der Waals surface area contributed by atoms with Gasteiger partial charge < -0.3 is 16.2 Å². The fourth-order valence-corrected chi connectivity index (χ4v) is 2.17. The molecule has 0 aromatic heterocycles. The van der Waals surface area contributed by atoms with Crippen LogP contribution >= 0.6 is 0 Å². The van der Waals surface area contributed by atoms with E-state index in [0.29, 0.717) is 24.8 Å². The van der Waals surface area contributed by atoms with E-state index in [-0.39, 0.29) is 18.1 Å². The van der Waals surface area contributed by atoms with E-state index in [9.17, 15) is 4.79 Å². The van der Waals surface area contributed by atoms with Crippen LogP contribution in [-0.4, -0.2) is 29.7 Å². The van der Waals surface area contributed by atoms with Crippen molar-refractivity contribution in [1.29, 1.82) is 0 Å². The summed E-state index contributed by atoms with van der Waals surface area (Å²) < 4.78 is 0. The van der Waals surface area contributed by atoms with Crippen molar-refractivity contribution in [2.24, 2.45) is 17.6 Å². The summed E-state index contributed by atoms with van der Waals surface area (Å²) in [5.41, 5.74) is 5.29. The fraction of sp³-hybridized carbons (Fsp3) is 0.923. The van der Waals surface area contributed by atoms with E-state index < -0.39 is 0 Å². The Hall–Kier alpha value is -0.610. The molecule has 0 radical (unpaired) electrons. The predicted molar refractivity (Wildman–Crippen MR) is 68.4 cm³/mol. The molecule has 4 N–H and O–H groups in total. The van der Waals surface area contributed by atoms with Crippen molar-refractivity contribution in [3.63, 3.8) is 0 Å². The quantitative estimate of drug-likeness (QED) is 0.595. The monoisotopic (exact) mass is 242 g/mol. The summed E-state index contributed by atoms with van der Waals surface area (Å²) in [5, 5.41) is 12.1. The molecule has 1 aliphatic rings. The molecule has 0 bridgehead atoms. The standard InChI is InChI=1S/C13H26N2O2/c1-10(2)11(5-8-14)3-4-12(17)15-13(9-16)6-7-13/h10-11,16H,3-9,14H2,1-2H3,(H,15,17). The van der Waals surface area contributed by atoms with E-state index in [1.54, 1.807) is 0 Å². The van der Waals surface area contributed by atoms with Gasteiger partial charge in [-0.25, -0.2) is 0 Å². The molecule has 1 fully saturated rings. The van der Waals surface area contributed by atoms with Gasteiger partial charge in [-0.3, -0.25) is 4.79 Å². The Labute approximate surface area is 104 Å². The minimum absolute atomic E-state index is 0.0646. The number of aliphatic hydroxyl groups is 1. The second kappa shape index (κ2) is 6.36. The highest BCUT2D eigenvalue weighted by molar-refractivity contribution is 5.77. The molecule has 0 aromatic rings. The molecule has 0 spiro atoms. The number of carbonyl (C=O) groups excluding carboxylic acids is 1. The summed E-state index contributed by atoms with van der Waals surface area (Å²) in [6, 6.07) is 0. The second-order valence-corrected chi connectivity index (χ2v) is 5.61. The SMILES string of the molecule is CC(C)C(CCN)CCC(=O)NC1(CO)CC1. The zero-order chi connectivity index (χ0) is 12.9. The molecule has 1 atom stereocenters. The highest BCUT2D eigenvalue weighted by Gasteiger charge is 2.43. The Balaban J connectivity index is 2.26. The third-order valence-electron chi connectivity index (χ3n) is 3.78. The van der Waals surface area contributed by atoms with Gasteiger partial charge in [0.2, 0.25) is 5.91 Å². The van der Waals surface area contributed by atoms with Gasteiger partial charge in [0.05, 0.1) is 12.1 Å². The first-order valence-electron chi connectivity index (χ1n) is 6.65. The lowest BCUT2D eigenvalue weighted by Crippen LogP contribution is -2.39. The topological polar surface area (TPSA) is 75.4 Å². The summed E-state index contributed by atoms with van der Waals surface area (Å²) in [5.74, 6) is 1.16. The maximum Gasteiger partial charge on any atom is 0.220 e. The molecular formula is C13H26N2O2. The maximum atomic E-state index is 11.7. The van der Waals surface area contributed by atoms with Gasteiger partial charge in [-0.2, -0.15) is 0 Å². The normalized spacial score (nSPS) is 19.1. The third-order valence-corrected chi connectivity index (χ3v) is 3.78. The number of hydrogen-bond acceptors (Lipinski definition) is 3. The van der Waals surface area contributed by atoms with Gasteiger partial charge in [0.15, 0.2) is 0 Å². The van der Waals surface area contributed by atoms with Gasteiger partial charge in [-0.05, 0) is 44.1 Å². The van der Waals surface area contributed by atoms with Crippen LogP contribution < -0.4 is 11.1 Å². The van der Waals surface area contributed by atoms with Crippen LogP contribution in [0.25, 0.3) is 0 Å². The van der Waals surface area contributed by atoms with Crippen molar-refractivity contribution in [2.75, 3.05) is 13.2 Å². The number of hydrogen-bond donors (Lipinski definition) is 3. The molecule has 0 aliphatic heterocycles. The second-order valence-electron chi connectivity index (χ2n) is 5.61. The van der Waals surface area contributed by atoms with Gasteiger partial charge in [0.25, 0.3) is 0 Å². The molecule has 1 saturated carbocycles. The average Bonchev–Trinajstić information content (AvgIpc) is 3.04. The Morgan fingerprint density at radius 3 is 2.47 bits per heavy atom. The van der Waals surface area contributed by atoms with Crippen molar-refractivity contribution >= 4 is 5.91 Å². The van der Waals surface area contributed by atoms with Crippen LogP contribution in [0.5, 0.6) is 0 Å². The molecule has 4 heteroatoms. The molecule has 4 nitrogen and oxygen atoms in total. The zero-order valence-corrected chi connectivity index (χ0v) is 11.0. The van der Waals surface area contributed by atoms with Gasteiger partial charge in [-0.1, -0.05) is 13.8 Å². The minimum Gasteiger partial charge on any atom is -0.394 e. The Morgan fingerprint density at radius 1 is 1.41 bits per heavy atom. The summed E-state index contributed by atoms with van der Waals surface area (Å²) in [7, 11) is 0. The molecule has 100 valence electrons. The maximum absolute atomic E-state index is 11.7. The lowest BCUT2D eigenvalue weighted by molar-refractivity contribution is -0.122. The van der Waals surface area contributed by atoms with Crippen molar-refractivity contribution in [2.45, 2.75) is 51.5 Å². The summed E-state index contributed by atoms with van der Waals surface area (Å²) in [6.45, 7) is 5.10. The molecule has 0 aromatic carbocycles. The van der Waals surface area contributed by atoms with E-state index in [1.807, 2.05) is 0 Å². The van der Waals surface area contributed by atoms with E-state index >= 15 is 0 Å². The Morgan fingerprint density at radius 2 is 2.06 bits per heavy atom. The first-order chi connectivity index (χ1) is 8.03. The highest BCUT2D eigenvalue weighted by Crippen LogP contribution is 2.34. The van der Waals surface area contributed by atoms with E-state index in [0.717, 1.165) is 25.7 Å². The van der Waals surface area contributed by atoms with Crippen molar-refractivity contribution < 1.29 is 9.90 Å². The van der Waals surface area contributed by atoms with Crippen molar-refractivity contribution in [3.05, 3.63) is 0 Å². The van der Waals surface area contributed by atoms with Crippen molar-refractivity contribution in [3.8, 4) is 0 Å². The number of amides is 1. The zero-order valence-electron chi connectivity index (χ0n) is 11.0. The lowest BCUT2D eigenvalue weighted by Gasteiger charge is -2.20. The molecule has 1 aliphatic carbocycles. The van der Waals surface area contributed by atoms with Crippen LogP contribution in [0, 0.1) is 11.8 Å². The molecule has 0 heterocycles. The van der Waals surface area contributed by atoms with Gasteiger partial charge >= 0.3 is 0 Å². The fourth-order valence-electron chi connectivity index (χ4n) is 2.17. The molecule has 17 heavy (non-hydrogen) atoms. The van der Waals surface area contributed by atoms with E-state index in [4.69, 9.17) is 10.8 Å². The van der Waals surface area contributed by atoms with Crippen LogP contribution in [0.15, 0.2) is 0 Å². The molecule has 0 saturated heterocycles. The largest absolute Gasteiger partial charge is 0.394 e. The Bertz CT molecular complexity index is 250. The molecular weight excluding hydrogens is 216 g/mol. The first kappa shape index (κ1) is 14.5. The van der Waals surface area contributed by atoms with Gasteiger partial charge in [0.1, 0.15) is 0 Å². The summed E-state index contributed by atoms with van der Waals surface area (Å²) >= 11 is 0. The minimum atomic E-state index is -0.279. The van der Waals surface area contributed by atoms with Gasteiger partial charge in [0, 0.05) is 6.42 Å². The van der Waals surface area contributed by atoms with Crippen LogP contribution in [-0.2, 0) is 4.79 Å². The number of rotatable bonds is 8. The van der Waals surface area contributed by atoms with Crippen LogP contribution in [0.3, 0.4) is 0 Å². The number of aliphatic hydroxyl groups excluding tert-OH is 1. The molecule has 1 unspecified atom stereocenters. The number of nitrogens with one attached hydrogen (secondary N) is 1. The number of nitrogens with two attached hydrogens (primary N) is 1. The van der Waals surface area contributed by atoms with Crippen molar-refractivity contribution in [1.82, 2.24) is 5.32 Å². The third kappa shape index (κ3) is 4.64. The number of carbonyl (C=O) groups is 1. The first-order valence-corrected chi connectivity index (χ1v) is 6.65. The van der Waals surface area contributed by atoms with Crippen LogP contribution in [0.4, 0.5) is 0 Å². The predicted octanol–water partition coefficient (Wildman–Crippen LogP) is 1.03. The summed E-state index contributed by atoms with van der Waals surface area (Å²) in [6.07, 6.45) is 4.24. The molecule has 1 amide bonds. The average molecular weight is 242 g/mol. The van der Waals surface area contributed by atoms with Crippen LogP contribution in [0.1, 0.15) is 46.0 Å². The van der Waals surface area contributed by atoms with E-state index in [2.05, 4.69) is 19.2 Å². The van der Waals surface area contributed by atoms with Gasteiger partial charge in [-0.15, -0.1) is 0 Å². The highest BCUT2D eigenvalue weighted by atomic mass is 16.3. The lowest BCUT2D eigenvalue weighted by atomic mass is 9.88. The van der Waals surface area contributed by atoms with E-state index in [1.165, 1.54) is 0 Å². The molecule has 1 rings (SSSR count). The summed E-state index contributed by atoms with van der Waals surface area (Å²) in [4.78, 5) is 11.7. The Kier molecular flexibility index (Phi) is 5.40. The van der Waals surface area contributed by atoms with Crippen LogP contribution in [0.2, 0.25) is 0 Å².